The summed E-state index contributed by atoms with van der Waals surface area (Å²) in [4.78, 5) is 36.9. The van der Waals surface area contributed by atoms with E-state index in [1.165, 1.54) is 4.90 Å². The summed E-state index contributed by atoms with van der Waals surface area (Å²) in [6.45, 7) is 5.44. The molecule has 0 aliphatic heterocycles. The summed E-state index contributed by atoms with van der Waals surface area (Å²) < 4.78 is 11.0. The van der Waals surface area contributed by atoms with Crippen molar-refractivity contribution in [1.82, 2.24) is 10.2 Å². The lowest BCUT2D eigenvalue weighted by molar-refractivity contribution is -0.130. The van der Waals surface area contributed by atoms with E-state index in [1.54, 1.807) is 83.4 Å². The Morgan fingerprint density at radius 3 is 2.00 bits per heavy atom. The summed E-state index contributed by atoms with van der Waals surface area (Å²) in [7, 11) is 3.34. The molecule has 0 aliphatic carbocycles. The number of amides is 2. The summed E-state index contributed by atoms with van der Waals surface area (Å²) in [5.41, 5.74) is 0.697. The average molecular weight is 412 g/mol. The maximum absolute atomic E-state index is 12.7. The van der Waals surface area contributed by atoms with E-state index < -0.39 is 17.6 Å². The Bertz CT molecular complexity index is 868. The number of rotatable bonds is 7. The molecule has 0 bridgehead atoms. The molecular weight excluding hydrogens is 384 g/mol. The fourth-order valence-corrected chi connectivity index (χ4v) is 2.68. The molecule has 7 nitrogen and oxygen atoms in total. The molecule has 1 N–H and O–H groups in total. The summed E-state index contributed by atoms with van der Waals surface area (Å²) in [5.74, 6) is 0.493. The van der Waals surface area contributed by atoms with Crippen LogP contribution in [0.1, 0.15) is 42.6 Å². The fourth-order valence-electron chi connectivity index (χ4n) is 2.68. The molecule has 0 spiro atoms. The zero-order valence-electron chi connectivity index (χ0n) is 18.0. The molecule has 0 aromatic heterocycles. The van der Waals surface area contributed by atoms with Gasteiger partial charge in [0.15, 0.2) is 0 Å². The zero-order chi connectivity index (χ0) is 22.3. The van der Waals surface area contributed by atoms with Gasteiger partial charge < -0.3 is 19.7 Å². The van der Waals surface area contributed by atoms with Gasteiger partial charge in [-0.15, -0.1) is 0 Å². The molecule has 1 unspecified atom stereocenters. The minimum atomic E-state index is -0.617. The van der Waals surface area contributed by atoms with E-state index in [0.29, 0.717) is 17.1 Å². The lowest BCUT2D eigenvalue weighted by atomic mass is 9.97. The highest BCUT2D eigenvalue weighted by atomic mass is 16.6. The van der Waals surface area contributed by atoms with Gasteiger partial charge in [0.2, 0.25) is 5.91 Å². The molecule has 2 aromatic rings. The van der Waals surface area contributed by atoms with E-state index in [-0.39, 0.29) is 12.5 Å². The van der Waals surface area contributed by atoms with Crippen LogP contribution in [0.25, 0.3) is 0 Å². The van der Waals surface area contributed by atoms with Gasteiger partial charge in [-0.3, -0.25) is 9.59 Å². The number of benzene rings is 2. The van der Waals surface area contributed by atoms with Gasteiger partial charge in [0, 0.05) is 26.2 Å². The van der Waals surface area contributed by atoms with E-state index in [1.807, 2.05) is 0 Å². The molecule has 2 aromatic carbocycles. The SMILES string of the molecule is CN(C)C(=O)C(CNC(=O)OC(C)(C)C)c1ccc(Oc2ccc(C=O)cc2)cc1. The Labute approximate surface area is 177 Å². The lowest BCUT2D eigenvalue weighted by Gasteiger charge is -2.23. The highest BCUT2D eigenvalue weighted by Gasteiger charge is 2.24. The van der Waals surface area contributed by atoms with Gasteiger partial charge in [0.1, 0.15) is 23.4 Å². The molecule has 0 heterocycles. The van der Waals surface area contributed by atoms with Crippen LogP contribution in [0, 0.1) is 0 Å². The number of aldehydes is 1. The first kappa shape index (κ1) is 22.9. The molecule has 30 heavy (non-hydrogen) atoms. The normalized spacial score (nSPS) is 11.9. The van der Waals surface area contributed by atoms with E-state index in [9.17, 15) is 14.4 Å². The van der Waals surface area contributed by atoms with Gasteiger partial charge in [-0.2, -0.15) is 0 Å². The Kier molecular flexibility index (Phi) is 7.58. The molecule has 2 rings (SSSR count). The standard InChI is InChI=1S/C23H28N2O5/c1-23(2,3)30-22(28)24-14-20(21(27)25(4)5)17-8-12-19(13-9-17)29-18-10-6-16(15-26)7-11-18/h6-13,15,20H,14H2,1-5H3,(H,24,28). The molecule has 0 saturated heterocycles. The predicted molar refractivity (Wildman–Crippen MR) is 114 cm³/mol. The van der Waals surface area contributed by atoms with Crippen molar-refractivity contribution in [2.24, 2.45) is 0 Å². The molecule has 0 radical (unpaired) electrons. The number of alkyl carbamates (subject to hydrolysis) is 1. The van der Waals surface area contributed by atoms with Crippen LogP contribution in [0.2, 0.25) is 0 Å². The van der Waals surface area contributed by atoms with E-state index in [0.717, 1.165) is 11.8 Å². The van der Waals surface area contributed by atoms with Crippen molar-refractivity contribution in [1.29, 1.82) is 0 Å². The second kappa shape index (κ2) is 9.91. The maximum Gasteiger partial charge on any atom is 0.407 e. The smallest absolute Gasteiger partial charge is 0.407 e. The summed E-state index contributed by atoms with van der Waals surface area (Å²) in [6, 6.07) is 13.9. The van der Waals surface area contributed by atoms with Crippen molar-refractivity contribution >= 4 is 18.3 Å². The third kappa shape index (κ3) is 6.92. The largest absolute Gasteiger partial charge is 0.457 e. The van der Waals surface area contributed by atoms with Crippen molar-refractivity contribution < 1.29 is 23.9 Å². The Morgan fingerprint density at radius 1 is 1.00 bits per heavy atom. The number of hydrogen-bond acceptors (Lipinski definition) is 5. The zero-order valence-corrected chi connectivity index (χ0v) is 18.0. The summed E-state index contributed by atoms with van der Waals surface area (Å²) in [6.07, 6.45) is 0.198. The van der Waals surface area contributed by atoms with Gasteiger partial charge >= 0.3 is 6.09 Å². The molecule has 0 fully saturated rings. The van der Waals surface area contributed by atoms with Gasteiger partial charge in [0.25, 0.3) is 0 Å². The summed E-state index contributed by atoms with van der Waals surface area (Å²) in [5, 5.41) is 2.67. The molecule has 0 saturated carbocycles. The van der Waals surface area contributed by atoms with Crippen LogP contribution in [0.15, 0.2) is 48.5 Å². The van der Waals surface area contributed by atoms with Crippen molar-refractivity contribution in [3.05, 3.63) is 59.7 Å². The van der Waals surface area contributed by atoms with Crippen molar-refractivity contribution in [3.8, 4) is 11.5 Å². The molecule has 160 valence electrons. The topological polar surface area (TPSA) is 84.9 Å². The average Bonchev–Trinajstić information content (AvgIpc) is 2.68. The van der Waals surface area contributed by atoms with E-state index in [4.69, 9.17) is 9.47 Å². The van der Waals surface area contributed by atoms with Gasteiger partial charge in [-0.25, -0.2) is 4.79 Å². The number of likely N-dealkylation sites (N-methyl/N-ethyl adjacent to an activating group) is 1. The van der Waals surface area contributed by atoms with Gasteiger partial charge in [0.05, 0.1) is 5.92 Å². The van der Waals surface area contributed by atoms with Crippen molar-refractivity contribution in [3.63, 3.8) is 0 Å². The highest BCUT2D eigenvalue weighted by Crippen LogP contribution is 2.25. The van der Waals surface area contributed by atoms with Crippen LogP contribution in [0.4, 0.5) is 4.79 Å². The van der Waals surface area contributed by atoms with Crippen molar-refractivity contribution in [2.75, 3.05) is 20.6 Å². The first-order chi connectivity index (χ1) is 14.1. The van der Waals surface area contributed by atoms with Crippen LogP contribution in [-0.4, -0.2) is 49.4 Å². The van der Waals surface area contributed by atoms with Crippen LogP contribution < -0.4 is 10.1 Å². The monoisotopic (exact) mass is 412 g/mol. The highest BCUT2D eigenvalue weighted by molar-refractivity contribution is 5.84. The predicted octanol–water partition coefficient (Wildman–Crippen LogP) is 3.99. The second-order valence-electron chi connectivity index (χ2n) is 8.03. The van der Waals surface area contributed by atoms with Crippen LogP contribution in [0.5, 0.6) is 11.5 Å². The first-order valence-corrected chi connectivity index (χ1v) is 9.60. The molecule has 0 aliphatic rings. The minimum absolute atomic E-state index is 0.110. The van der Waals surface area contributed by atoms with E-state index >= 15 is 0 Å². The van der Waals surface area contributed by atoms with Crippen LogP contribution in [-0.2, 0) is 9.53 Å². The van der Waals surface area contributed by atoms with Crippen LogP contribution >= 0.6 is 0 Å². The number of carbonyl (C=O) groups excluding carboxylic acids is 3. The molecule has 2 amide bonds. The Hall–Kier alpha value is -3.35. The minimum Gasteiger partial charge on any atom is -0.457 e. The molecular formula is C23H28N2O5. The number of nitrogens with one attached hydrogen (secondary N) is 1. The number of nitrogens with zero attached hydrogens (tertiary/aromatic N) is 1. The Balaban J connectivity index is 2.10. The fraction of sp³-hybridized carbons (Fsp3) is 0.348. The lowest BCUT2D eigenvalue weighted by Crippen LogP contribution is -2.39. The summed E-state index contributed by atoms with van der Waals surface area (Å²) >= 11 is 0. The van der Waals surface area contributed by atoms with Gasteiger partial charge in [-0.05, 0) is 62.7 Å². The third-order valence-corrected chi connectivity index (χ3v) is 4.12. The quantitative estimate of drug-likeness (QED) is 0.695. The first-order valence-electron chi connectivity index (χ1n) is 9.60. The Morgan fingerprint density at radius 2 is 1.53 bits per heavy atom. The maximum atomic E-state index is 12.7. The molecule has 7 heteroatoms. The third-order valence-electron chi connectivity index (χ3n) is 4.12. The van der Waals surface area contributed by atoms with E-state index in [2.05, 4.69) is 5.32 Å². The van der Waals surface area contributed by atoms with Crippen LogP contribution in [0.3, 0.4) is 0 Å². The second-order valence-corrected chi connectivity index (χ2v) is 8.03. The molecule has 1 atom stereocenters. The number of carbonyl (C=O) groups is 3. The van der Waals surface area contributed by atoms with Gasteiger partial charge in [-0.1, -0.05) is 12.1 Å². The van der Waals surface area contributed by atoms with Crippen molar-refractivity contribution in [2.45, 2.75) is 32.3 Å². The number of ether oxygens (including phenoxy) is 2. The number of hydrogen-bond donors (Lipinski definition) is 1.